The number of nitrogens with one attached hydrogen (secondary N) is 2. The normalized spacial score (nSPS) is 14.5. The number of piperidine rings is 1. The van der Waals surface area contributed by atoms with E-state index in [1.54, 1.807) is 10.6 Å². The van der Waals surface area contributed by atoms with E-state index >= 15 is 0 Å². The van der Waals surface area contributed by atoms with E-state index in [0.717, 1.165) is 48.4 Å². The summed E-state index contributed by atoms with van der Waals surface area (Å²) >= 11 is 0. The first-order valence-electron chi connectivity index (χ1n) is 10.8. The molecule has 2 aromatic heterocycles. The molecule has 3 heterocycles. The minimum Gasteiger partial charge on any atom is -0.508 e. The van der Waals surface area contributed by atoms with Crippen LogP contribution in [-0.2, 0) is 4.79 Å². The molecule has 3 aromatic rings. The molecule has 0 saturated carbocycles. The fraction of sp³-hybridized carbons (Fsp3) is 0.391. The number of hydrogen-bond acceptors (Lipinski definition) is 7. The molecule has 1 saturated heterocycles. The molecular weight excluding hydrogens is 394 g/mol. The number of hydrogen-bond donors (Lipinski definition) is 3. The molecule has 3 N–H and O–H groups in total. The molecule has 0 aliphatic carbocycles. The number of aromatic hydroxyl groups is 1. The average molecular weight is 424 g/mol. The Labute approximate surface area is 181 Å². The number of benzene rings is 1. The van der Waals surface area contributed by atoms with Crippen molar-refractivity contribution in [3.63, 3.8) is 0 Å². The highest BCUT2D eigenvalue weighted by molar-refractivity contribution is 5.86. The predicted octanol–water partition coefficient (Wildman–Crippen LogP) is 3.57. The van der Waals surface area contributed by atoms with E-state index in [-0.39, 0.29) is 12.3 Å². The first kappa shape index (κ1) is 21.0. The van der Waals surface area contributed by atoms with Crippen LogP contribution < -0.4 is 15.4 Å². The second kappa shape index (κ2) is 9.70. The van der Waals surface area contributed by atoms with Gasteiger partial charge in [-0.05, 0) is 56.6 Å². The maximum absolute atomic E-state index is 10.9. The fourth-order valence-electron chi connectivity index (χ4n) is 3.88. The third-order valence-electron chi connectivity index (χ3n) is 5.57. The molecule has 0 amide bonds. The van der Waals surface area contributed by atoms with Crippen LogP contribution in [0.3, 0.4) is 0 Å². The van der Waals surface area contributed by atoms with E-state index in [4.69, 9.17) is 4.74 Å². The molecule has 0 spiro atoms. The number of ether oxygens (including phenoxy) is 1. The zero-order valence-corrected chi connectivity index (χ0v) is 17.8. The topological polar surface area (TPSA) is 91.1 Å². The number of rotatable bonds is 9. The van der Waals surface area contributed by atoms with Crippen LogP contribution in [0, 0.1) is 6.92 Å². The smallest absolute Gasteiger partial charge is 0.257 e. The Bertz CT molecular complexity index is 1040. The van der Waals surface area contributed by atoms with E-state index in [0.29, 0.717) is 18.2 Å². The van der Waals surface area contributed by atoms with Crippen LogP contribution in [-0.4, -0.2) is 58.7 Å². The van der Waals surface area contributed by atoms with Crippen molar-refractivity contribution in [3.8, 4) is 11.6 Å². The summed E-state index contributed by atoms with van der Waals surface area (Å²) in [6.45, 7) is 5.65. The van der Waals surface area contributed by atoms with Gasteiger partial charge in [-0.1, -0.05) is 12.5 Å². The molecule has 1 fully saturated rings. The Hall–Kier alpha value is -3.26. The minimum absolute atomic E-state index is 0.144. The number of carbonyl (C=O) groups excluding carboxylic acids is 1. The number of aryl methyl sites for hydroxylation is 1. The number of pyridine rings is 1. The Balaban J connectivity index is 1.60. The number of carbonyl (C=O) groups is 1. The van der Waals surface area contributed by atoms with Crippen LogP contribution in [0.2, 0.25) is 0 Å². The van der Waals surface area contributed by atoms with Crippen molar-refractivity contribution in [2.75, 3.05) is 43.4 Å². The summed E-state index contributed by atoms with van der Waals surface area (Å²) < 4.78 is 7.89. The molecule has 1 aromatic carbocycles. The molecule has 8 nitrogen and oxygen atoms in total. The highest BCUT2D eigenvalue weighted by atomic mass is 16.5. The summed E-state index contributed by atoms with van der Waals surface area (Å²) in [6, 6.07) is 9.30. The van der Waals surface area contributed by atoms with Crippen molar-refractivity contribution in [2.24, 2.45) is 0 Å². The van der Waals surface area contributed by atoms with E-state index in [2.05, 4.69) is 20.6 Å². The van der Waals surface area contributed by atoms with Gasteiger partial charge < -0.3 is 25.3 Å². The molecule has 0 radical (unpaired) electrons. The molecule has 0 unspecified atom stereocenters. The maximum atomic E-state index is 10.9. The summed E-state index contributed by atoms with van der Waals surface area (Å²) in [4.78, 5) is 13.3. The highest BCUT2D eigenvalue weighted by Crippen LogP contribution is 2.37. The van der Waals surface area contributed by atoms with Crippen LogP contribution in [0.4, 0.5) is 17.1 Å². The second-order valence-corrected chi connectivity index (χ2v) is 7.82. The lowest BCUT2D eigenvalue weighted by molar-refractivity contribution is -0.106. The van der Waals surface area contributed by atoms with Crippen molar-refractivity contribution in [1.82, 2.24) is 14.5 Å². The molecule has 164 valence electrons. The SMILES string of the molecule is Cc1cc(Nc2c(OCCN3CCCCC3)nn3ccccc23)c(NCC=O)cc1O. The zero-order valence-electron chi connectivity index (χ0n) is 17.8. The predicted molar refractivity (Wildman–Crippen MR) is 122 cm³/mol. The average Bonchev–Trinajstić information content (AvgIpc) is 3.13. The van der Waals surface area contributed by atoms with Crippen LogP contribution in [0.25, 0.3) is 5.52 Å². The number of aldehydes is 1. The molecule has 0 atom stereocenters. The number of fused-ring (bicyclic) bond motifs is 1. The van der Waals surface area contributed by atoms with Gasteiger partial charge in [-0.2, -0.15) is 0 Å². The van der Waals surface area contributed by atoms with Crippen molar-refractivity contribution in [2.45, 2.75) is 26.2 Å². The molecule has 1 aliphatic rings. The highest BCUT2D eigenvalue weighted by Gasteiger charge is 2.17. The monoisotopic (exact) mass is 423 g/mol. The van der Waals surface area contributed by atoms with E-state index < -0.39 is 0 Å². The van der Waals surface area contributed by atoms with Crippen molar-refractivity contribution in [3.05, 3.63) is 42.1 Å². The Morgan fingerprint density at radius 2 is 2.03 bits per heavy atom. The summed E-state index contributed by atoms with van der Waals surface area (Å²) in [5, 5.41) is 21.2. The number of anilines is 3. The summed E-state index contributed by atoms with van der Waals surface area (Å²) in [7, 11) is 0. The Morgan fingerprint density at radius 3 is 2.84 bits per heavy atom. The summed E-state index contributed by atoms with van der Waals surface area (Å²) in [5.41, 5.74) is 3.71. The molecule has 8 heteroatoms. The Kier molecular flexibility index (Phi) is 6.57. The van der Waals surface area contributed by atoms with Crippen molar-refractivity contribution in [1.29, 1.82) is 0 Å². The van der Waals surface area contributed by atoms with Gasteiger partial charge in [0.1, 0.15) is 24.3 Å². The van der Waals surface area contributed by atoms with Gasteiger partial charge in [-0.15, -0.1) is 5.10 Å². The quantitative estimate of drug-likeness (QED) is 0.358. The van der Waals surface area contributed by atoms with Gasteiger partial charge >= 0.3 is 0 Å². The van der Waals surface area contributed by atoms with E-state index in [1.807, 2.05) is 37.4 Å². The molecular formula is C23H29N5O3. The van der Waals surface area contributed by atoms with Crippen molar-refractivity contribution >= 4 is 28.9 Å². The third-order valence-corrected chi connectivity index (χ3v) is 5.57. The number of aromatic nitrogens is 2. The lowest BCUT2D eigenvalue weighted by Crippen LogP contribution is -2.33. The number of likely N-dealkylation sites (tertiary alicyclic amines) is 1. The maximum Gasteiger partial charge on any atom is 0.257 e. The standard InChI is InChI=1S/C23H29N5O3/c1-17-15-19(18(16-21(17)30)24-8-13-29)25-22-20-7-3-6-11-28(20)26-23(22)31-14-12-27-9-4-2-5-10-27/h3,6-7,11,13,15-16,24-25,30H,2,4-5,8-10,12,14H2,1H3. The van der Waals surface area contributed by atoms with E-state index in [9.17, 15) is 9.90 Å². The van der Waals surface area contributed by atoms with Gasteiger partial charge in [-0.25, -0.2) is 4.52 Å². The van der Waals surface area contributed by atoms with Crippen LogP contribution in [0.15, 0.2) is 36.5 Å². The number of phenolic OH excluding ortho intramolecular Hbond substituents is 1. The lowest BCUT2D eigenvalue weighted by Gasteiger charge is -2.26. The Morgan fingerprint density at radius 1 is 1.19 bits per heavy atom. The van der Waals surface area contributed by atoms with Gasteiger partial charge in [0, 0.05) is 18.8 Å². The molecule has 31 heavy (non-hydrogen) atoms. The summed E-state index contributed by atoms with van der Waals surface area (Å²) in [6.07, 6.45) is 6.47. The second-order valence-electron chi connectivity index (χ2n) is 7.82. The molecule has 0 bridgehead atoms. The zero-order chi connectivity index (χ0) is 21.6. The molecule has 1 aliphatic heterocycles. The lowest BCUT2D eigenvalue weighted by atomic mass is 10.1. The number of nitrogens with zero attached hydrogens (tertiary/aromatic N) is 3. The molecule has 4 rings (SSSR count). The van der Waals surface area contributed by atoms with Crippen LogP contribution in [0.5, 0.6) is 11.6 Å². The van der Waals surface area contributed by atoms with Gasteiger partial charge in [0.15, 0.2) is 0 Å². The fourth-order valence-corrected chi connectivity index (χ4v) is 3.88. The van der Waals surface area contributed by atoms with Gasteiger partial charge in [0.25, 0.3) is 5.88 Å². The first-order chi connectivity index (χ1) is 15.2. The van der Waals surface area contributed by atoms with Crippen molar-refractivity contribution < 1.29 is 14.6 Å². The van der Waals surface area contributed by atoms with Gasteiger partial charge in [0.05, 0.1) is 23.4 Å². The van der Waals surface area contributed by atoms with Crippen LogP contribution >= 0.6 is 0 Å². The summed E-state index contributed by atoms with van der Waals surface area (Å²) in [5.74, 6) is 0.687. The largest absolute Gasteiger partial charge is 0.508 e. The van der Waals surface area contributed by atoms with Gasteiger partial charge in [0.2, 0.25) is 0 Å². The first-order valence-corrected chi connectivity index (χ1v) is 10.8. The van der Waals surface area contributed by atoms with Gasteiger partial charge in [-0.3, -0.25) is 4.90 Å². The number of phenols is 1. The van der Waals surface area contributed by atoms with Crippen LogP contribution in [0.1, 0.15) is 24.8 Å². The third kappa shape index (κ3) is 4.91. The van der Waals surface area contributed by atoms with E-state index in [1.165, 1.54) is 19.3 Å². The minimum atomic E-state index is 0.144.